The maximum atomic E-state index is 11.8. The Morgan fingerprint density at radius 1 is 1.00 bits per heavy atom. The van der Waals surface area contributed by atoms with E-state index in [-0.39, 0.29) is 11.5 Å². The molecule has 1 amide bonds. The van der Waals surface area contributed by atoms with Crippen LogP contribution in [0, 0.1) is 0 Å². The van der Waals surface area contributed by atoms with Crippen molar-refractivity contribution in [1.82, 2.24) is 5.43 Å². The van der Waals surface area contributed by atoms with E-state index in [0.29, 0.717) is 11.1 Å². The van der Waals surface area contributed by atoms with Crippen molar-refractivity contribution in [3.05, 3.63) is 69.7 Å². The van der Waals surface area contributed by atoms with Crippen molar-refractivity contribution in [2.75, 3.05) is 0 Å². The molecule has 21 heavy (non-hydrogen) atoms. The monoisotopic (exact) mass is 345 g/mol. The van der Waals surface area contributed by atoms with Gasteiger partial charge in [-0.2, -0.15) is 5.10 Å². The van der Waals surface area contributed by atoms with Crippen LogP contribution in [0.15, 0.2) is 58.1 Å². The smallest absolute Gasteiger partial charge is 0.271 e. The summed E-state index contributed by atoms with van der Waals surface area (Å²) in [6, 6.07) is 12.8. The molecular formula is C15H10BrN2O3-. The molecule has 2 aromatic carbocycles. The lowest BCUT2D eigenvalue weighted by Crippen LogP contribution is -2.22. The number of carboxylic acid groups (broad SMARTS) is 1. The first kappa shape index (κ1) is 14.9. The minimum absolute atomic E-state index is 0.0889. The van der Waals surface area contributed by atoms with Gasteiger partial charge in [0.05, 0.1) is 12.2 Å². The van der Waals surface area contributed by atoms with Gasteiger partial charge in [0, 0.05) is 10.0 Å². The first-order valence-corrected chi connectivity index (χ1v) is 6.76. The molecular weight excluding hydrogens is 336 g/mol. The summed E-state index contributed by atoms with van der Waals surface area (Å²) in [5, 5.41) is 14.4. The molecule has 0 saturated heterocycles. The number of nitrogens with one attached hydrogen (secondary N) is 1. The summed E-state index contributed by atoms with van der Waals surface area (Å²) in [5.41, 5.74) is 3.63. The van der Waals surface area contributed by atoms with E-state index in [1.165, 1.54) is 18.3 Å². The number of benzene rings is 2. The Bertz CT molecular complexity index is 679. The molecule has 0 atom stereocenters. The second-order valence-corrected chi connectivity index (χ2v) is 5.03. The average molecular weight is 346 g/mol. The molecule has 0 aliphatic carbocycles. The van der Waals surface area contributed by atoms with E-state index in [4.69, 9.17) is 0 Å². The van der Waals surface area contributed by atoms with E-state index in [1.807, 2.05) is 0 Å². The Kier molecular flexibility index (Phi) is 4.84. The predicted molar refractivity (Wildman–Crippen MR) is 80.0 cm³/mol. The first-order valence-electron chi connectivity index (χ1n) is 5.96. The zero-order valence-corrected chi connectivity index (χ0v) is 12.3. The zero-order valence-electron chi connectivity index (χ0n) is 10.7. The van der Waals surface area contributed by atoms with Gasteiger partial charge in [-0.25, -0.2) is 5.43 Å². The lowest BCUT2D eigenvalue weighted by atomic mass is 10.1. The SMILES string of the molecule is O=C([O-])c1ccc(C=NNC(=O)c2ccc(Br)cc2)cc1. The summed E-state index contributed by atoms with van der Waals surface area (Å²) < 4.78 is 0.885. The minimum Gasteiger partial charge on any atom is -0.545 e. The number of aromatic carboxylic acids is 1. The number of hydrazone groups is 1. The highest BCUT2D eigenvalue weighted by molar-refractivity contribution is 9.10. The normalized spacial score (nSPS) is 10.5. The van der Waals surface area contributed by atoms with Gasteiger partial charge in [0.2, 0.25) is 0 Å². The molecule has 0 aliphatic heterocycles. The van der Waals surface area contributed by atoms with Crippen LogP contribution in [0.2, 0.25) is 0 Å². The molecule has 2 rings (SSSR count). The van der Waals surface area contributed by atoms with Gasteiger partial charge >= 0.3 is 0 Å². The second kappa shape index (κ2) is 6.81. The summed E-state index contributed by atoms with van der Waals surface area (Å²) in [5.74, 6) is -1.56. The Balaban J connectivity index is 1.97. The highest BCUT2D eigenvalue weighted by Gasteiger charge is 2.02. The third-order valence-corrected chi connectivity index (χ3v) is 3.16. The highest BCUT2D eigenvalue weighted by Crippen LogP contribution is 2.10. The van der Waals surface area contributed by atoms with Crippen molar-refractivity contribution in [3.8, 4) is 0 Å². The predicted octanol–water partition coefficient (Wildman–Crippen LogP) is 1.58. The van der Waals surface area contributed by atoms with Crippen LogP contribution in [-0.2, 0) is 0 Å². The topological polar surface area (TPSA) is 81.6 Å². The van der Waals surface area contributed by atoms with Crippen molar-refractivity contribution in [2.24, 2.45) is 5.10 Å². The van der Waals surface area contributed by atoms with Gasteiger partial charge in [-0.3, -0.25) is 4.79 Å². The first-order chi connectivity index (χ1) is 10.1. The molecule has 0 heterocycles. The summed E-state index contributed by atoms with van der Waals surface area (Å²) in [7, 11) is 0. The maximum absolute atomic E-state index is 11.8. The van der Waals surface area contributed by atoms with Crippen LogP contribution < -0.4 is 10.5 Å². The lowest BCUT2D eigenvalue weighted by molar-refractivity contribution is -0.255. The van der Waals surface area contributed by atoms with Gasteiger partial charge < -0.3 is 9.90 Å². The Labute approximate surface area is 129 Å². The number of carbonyl (C=O) groups excluding carboxylic acids is 2. The Morgan fingerprint density at radius 3 is 2.14 bits per heavy atom. The van der Waals surface area contributed by atoms with E-state index in [1.54, 1.807) is 36.4 Å². The molecule has 0 unspecified atom stereocenters. The standard InChI is InChI=1S/C15H11BrN2O3/c16-13-7-5-11(6-8-13)14(19)18-17-9-10-1-3-12(4-2-10)15(20)21/h1-9H,(H,18,19)(H,20,21)/p-1. The average Bonchev–Trinajstić information content (AvgIpc) is 2.48. The zero-order chi connectivity index (χ0) is 15.2. The number of carbonyl (C=O) groups is 2. The molecule has 6 heteroatoms. The van der Waals surface area contributed by atoms with E-state index in [2.05, 4.69) is 26.5 Å². The van der Waals surface area contributed by atoms with Gasteiger partial charge in [0.1, 0.15) is 0 Å². The highest BCUT2D eigenvalue weighted by atomic mass is 79.9. The molecule has 0 spiro atoms. The number of halogens is 1. The molecule has 0 fully saturated rings. The van der Waals surface area contributed by atoms with E-state index < -0.39 is 5.97 Å². The summed E-state index contributed by atoms with van der Waals surface area (Å²) in [6.07, 6.45) is 1.43. The van der Waals surface area contributed by atoms with E-state index >= 15 is 0 Å². The van der Waals surface area contributed by atoms with Crippen molar-refractivity contribution < 1.29 is 14.7 Å². The number of rotatable bonds is 4. The van der Waals surface area contributed by atoms with E-state index in [9.17, 15) is 14.7 Å². The summed E-state index contributed by atoms with van der Waals surface area (Å²) in [6.45, 7) is 0. The van der Waals surface area contributed by atoms with Gasteiger partial charge in [0.15, 0.2) is 0 Å². The third kappa shape index (κ3) is 4.25. The largest absolute Gasteiger partial charge is 0.545 e. The van der Waals surface area contributed by atoms with Crippen LogP contribution in [0.3, 0.4) is 0 Å². The van der Waals surface area contributed by atoms with Crippen LogP contribution >= 0.6 is 15.9 Å². The number of hydrogen-bond acceptors (Lipinski definition) is 4. The summed E-state index contributed by atoms with van der Waals surface area (Å²) in [4.78, 5) is 22.4. The molecule has 2 aromatic rings. The fourth-order valence-electron chi connectivity index (χ4n) is 1.54. The number of hydrogen-bond donors (Lipinski definition) is 1. The van der Waals surface area contributed by atoms with Gasteiger partial charge in [-0.05, 0) is 35.4 Å². The van der Waals surface area contributed by atoms with Crippen LogP contribution in [0.5, 0.6) is 0 Å². The number of nitrogens with zero attached hydrogens (tertiary/aromatic N) is 1. The van der Waals surface area contributed by atoms with Crippen LogP contribution in [0.25, 0.3) is 0 Å². The van der Waals surface area contributed by atoms with Crippen molar-refractivity contribution in [3.63, 3.8) is 0 Å². The van der Waals surface area contributed by atoms with Crippen LogP contribution in [0.1, 0.15) is 26.3 Å². The fourth-order valence-corrected chi connectivity index (χ4v) is 1.80. The number of amides is 1. The molecule has 0 bridgehead atoms. The molecule has 5 nitrogen and oxygen atoms in total. The van der Waals surface area contributed by atoms with Gasteiger partial charge in [-0.1, -0.05) is 40.2 Å². The second-order valence-electron chi connectivity index (χ2n) is 4.12. The fraction of sp³-hybridized carbons (Fsp3) is 0. The molecule has 0 radical (unpaired) electrons. The van der Waals surface area contributed by atoms with Crippen molar-refractivity contribution >= 4 is 34.0 Å². The Morgan fingerprint density at radius 2 is 1.57 bits per heavy atom. The van der Waals surface area contributed by atoms with Gasteiger partial charge in [0.25, 0.3) is 5.91 Å². The maximum Gasteiger partial charge on any atom is 0.271 e. The number of carboxylic acids is 1. The quantitative estimate of drug-likeness (QED) is 0.674. The third-order valence-electron chi connectivity index (χ3n) is 2.63. The molecule has 0 aromatic heterocycles. The van der Waals surface area contributed by atoms with E-state index in [0.717, 1.165) is 4.47 Å². The van der Waals surface area contributed by atoms with Crippen molar-refractivity contribution in [1.29, 1.82) is 0 Å². The van der Waals surface area contributed by atoms with Crippen LogP contribution in [-0.4, -0.2) is 18.1 Å². The minimum atomic E-state index is -1.23. The van der Waals surface area contributed by atoms with Crippen molar-refractivity contribution in [2.45, 2.75) is 0 Å². The Hall–Kier alpha value is -2.47. The summed E-state index contributed by atoms with van der Waals surface area (Å²) >= 11 is 3.29. The van der Waals surface area contributed by atoms with Crippen LogP contribution in [0.4, 0.5) is 0 Å². The molecule has 0 aliphatic rings. The molecule has 106 valence electrons. The molecule has 0 saturated carbocycles. The lowest BCUT2D eigenvalue weighted by Gasteiger charge is -2.02. The molecule has 1 N–H and O–H groups in total. The van der Waals surface area contributed by atoms with Gasteiger partial charge in [-0.15, -0.1) is 0 Å².